The number of aliphatic hydroxyl groups excluding tert-OH is 1. The Kier molecular flexibility index (Phi) is 7.96. The van der Waals surface area contributed by atoms with Gasteiger partial charge >= 0.3 is 0 Å². The Morgan fingerprint density at radius 2 is 2.03 bits per heavy atom. The fraction of sp³-hybridized carbons (Fsp3) is 0.429. The van der Waals surface area contributed by atoms with Gasteiger partial charge in [0.05, 0.1) is 25.5 Å². The average molecular weight is 493 g/mol. The molecule has 36 heavy (non-hydrogen) atoms. The van der Waals surface area contributed by atoms with Crippen LogP contribution in [0.15, 0.2) is 48.7 Å². The number of carbonyl (C=O) groups is 2. The maximum absolute atomic E-state index is 13.2. The van der Waals surface area contributed by atoms with Gasteiger partial charge in [0.25, 0.3) is 0 Å². The van der Waals surface area contributed by atoms with E-state index in [2.05, 4.69) is 17.6 Å². The summed E-state index contributed by atoms with van der Waals surface area (Å²) in [6, 6.07) is 13.2. The Morgan fingerprint density at radius 1 is 1.25 bits per heavy atom. The van der Waals surface area contributed by atoms with Gasteiger partial charge in [0.1, 0.15) is 11.9 Å². The van der Waals surface area contributed by atoms with Crippen molar-refractivity contribution in [3.05, 3.63) is 59.8 Å². The molecule has 0 fully saturated rings. The van der Waals surface area contributed by atoms with Gasteiger partial charge in [-0.05, 0) is 43.8 Å². The first-order chi connectivity index (χ1) is 17.3. The SMILES string of the molecule is CNC[C@@H]1Oc2ccc(NC(=O)Cc3cn(C)c4ccccc34)cc2CC(=O)N([C@H](C)CO)C[C@H]1C. The number of hydrogen-bond acceptors (Lipinski definition) is 5. The van der Waals surface area contributed by atoms with E-state index in [4.69, 9.17) is 4.74 Å². The van der Waals surface area contributed by atoms with Crippen molar-refractivity contribution in [2.45, 2.75) is 38.8 Å². The summed E-state index contributed by atoms with van der Waals surface area (Å²) in [6.45, 7) is 4.92. The number of nitrogens with zero attached hydrogens (tertiary/aromatic N) is 2. The summed E-state index contributed by atoms with van der Waals surface area (Å²) < 4.78 is 8.39. The fourth-order valence-corrected chi connectivity index (χ4v) is 4.90. The number of nitrogens with one attached hydrogen (secondary N) is 2. The van der Waals surface area contributed by atoms with E-state index in [1.165, 1.54) is 0 Å². The molecule has 3 N–H and O–H groups in total. The van der Waals surface area contributed by atoms with Crippen molar-refractivity contribution in [2.75, 3.05) is 32.1 Å². The van der Waals surface area contributed by atoms with Crippen molar-refractivity contribution in [1.82, 2.24) is 14.8 Å². The van der Waals surface area contributed by atoms with Gasteiger partial charge in [0.15, 0.2) is 0 Å². The Bertz CT molecular complexity index is 1240. The lowest BCUT2D eigenvalue weighted by molar-refractivity contribution is -0.134. The van der Waals surface area contributed by atoms with Crippen LogP contribution in [0, 0.1) is 5.92 Å². The zero-order valence-corrected chi connectivity index (χ0v) is 21.5. The van der Waals surface area contributed by atoms with Gasteiger partial charge in [-0.15, -0.1) is 0 Å². The van der Waals surface area contributed by atoms with Crippen LogP contribution in [0.25, 0.3) is 10.9 Å². The molecule has 0 aliphatic carbocycles. The number of anilines is 1. The van der Waals surface area contributed by atoms with E-state index in [0.717, 1.165) is 16.5 Å². The lowest BCUT2D eigenvalue weighted by Gasteiger charge is -2.32. The van der Waals surface area contributed by atoms with Crippen molar-refractivity contribution in [1.29, 1.82) is 0 Å². The number of rotatable bonds is 7. The summed E-state index contributed by atoms with van der Waals surface area (Å²) in [5.41, 5.74) is 3.38. The normalized spacial score (nSPS) is 19.1. The maximum atomic E-state index is 13.2. The van der Waals surface area contributed by atoms with Gasteiger partial charge in [-0.1, -0.05) is 25.1 Å². The zero-order valence-electron chi connectivity index (χ0n) is 21.5. The molecule has 1 aliphatic heterocycles. The lowest BCUT2D eigenvalue weighted by Crippen LogP contribution is -2.47. The zero-order chi connectivity index (χ0) is 25.8. The molecule has 2 aromatic carbocycles. The summed E-state index contributed by atoms with van der Waals surface area (Å²) in [4.78, 5) is 27.9. The summed E-state index contributed by atoms with van der Waals surface area (Å²) >= 11 is 0. The van der Waals surface area contributed by atoms with Crippen LogP contribution in [0.5, 0.6) is 5.75 Å². The first kappa shape index (κ1) is 25.7. The van der Waals surface area contributed by atoms with E-state index >= 15 is 0 Å². The van der Waals surface area contributed by atoms with Gasteiger partial charge in [-0.2, -0.15) is 0 Å². The number of likely N-dealkylation sites (N-methyl/N-ethyl adjacent to an activating group) is 1. The summed E-state index contributed by atoms with van der Waals surface area (Å²) in [7, 11) is 3.85. The van der Waals surface area contributed by atoms with Gasteiger partial charge in [0, 0.05) is 54.4 Å². The third-order valence-electron chi connectivity index (χ3n) is 6.94. The predicted octanol–water partition coefficient (Wildman–Crippen LogP) is 2.73. The molecular weight excluding hydrogens is 456 g/mol. The van der Waals surface area contributed by atoms with Crippen LogP contribution in [0.3, 0.4) is 0 Å². The Morgan fingerprint density at radius 3 is 2.78 bits per heavy atom. The summed E-state index contributed by atoms with van der Waals surface area (Å²) in [5.74, 6) is 0.499. The molecule has 0 spiro atoms. The molecular formula is C28H36N4O4. The first-order valence-electron chi connectivity index (χ1n) is 12.5. The molecule has 0 unspecified atom stereocenters. The van der Waals surface area contributed by atoms with Crippen molar-refractivity contribution in [2.24, 2.45) is 13.0 Å². The van der Waals surface area contributed by atoms with Crippen LogP contribution < -0.4 is 15.4 Å². The predicted molar refractivity (Wildman–Crippen MR) is 141 cm³/mol. The molecule has 0 saturated heterocycles. The quantitative estimate of drug-likeness (QED) is 0.471. The largest absolute Gasteiger partial charge is 0.488 e. The molecule has 0 bridgehead atoms. The Hall–Kier alpha value is -3.36. The molecule has 8 nitrogen and oxygen atoms in total. The van der Waals surface area contributed by atoms with E-state index in [1.807, 2.05) is 74.2 Å². The molecule has 3 aromatic rings. The molecule has 0 saturated carbocycles. The van der Waals surface area contributed by atoms with E-state index < -0.39 is 0 Å². The number of fused-ring (bicyclic) bond motifs is 2. The highest BCUT2D eigenvalue weighted by atomic mass is 16.5. The number of para-hydroxylation sites is 1. The molecule has 1 aliphatic rings. The minimum absolute atomic E-state index is 0.0569. The molecule has 2 amide bonds. The second-order valence-corrected chi connectivity index (χ2v) is 9.78. The molecule has 8 heteroatoms. The lowest BCUT2D eigenvalue weighted by atomic mass is 10.0. The smallest absolute Gasteiger partial charge is 0.228 e. The molecule has 3 atom stereocenters. The van der Waals surface area contributed by atoms with E-state index in [9.17, 15) is 14.7 Å². The number of hydrogen-bond donors (Lipinski definition) is 3. The minimum Gasteiger partial charge on any atom is -0.488 e. The van der Waals surface area contributed by atoms with Crippen molar-refractivity contribution in [3.8, 4) is 5.75 Å². The van der Waals surface area contributed by atoms with Crippen LogP contribution in [-0.2, 0) is 29.5 Å². The first-order valence-corrected chi connectivity index (χ1v) is 12.5. The third kappa shape index (κ3) is 5.55. The monoisotopic (exact) mass is 492 g/mol. The second kappa shape index (κ2) is 11.1. The van der Waals surface area contributed by atoms with Crippen LogP contribution in [0.2, 0.25) is 0 Å². The maximum Gasteiger partial charge on any atom is 0.228 e. The number of aromatic nitrogens is 1. The topological polar surface area (TPSA) is 95.8 Å². The number of ether oxygens (including phenoxy) is 1. The highest BCUT2D eigenvalue weighted by molar-refractivity contribution is 5.96. The van der Waals surface area contributed by atoms with Gasteiger partial charge in [0.2, 0.25) is 11.8 Å². The van der Waals surface area contributed by atoms with Crippen molar-refractivity contribution < 1.29 is 19.4 Å². The van der Waals surface area contributed by atoms with Crippen LogP contribution in [0.4, 0.5) is 5.69 Å². The summed E-state index contributed by atoms with van der Waals surface area (Å²) in [5, 5.41) is 17.0. The van der Waals surface area contributed by atoms with Gasteiger partial charge in [-0.25, -0.2) is 0 Å². The van der Waals surface area contributed by atoms with Crippen molar-refractivity contribution >= 4 is 28.4 Å². The highest BCUT2D eigenvalue weighted by Crippen LogP contribution is 2.29. The average Bonchev–Trinajstić information content (AvgIpc) is 3.19. The molecule has 2 heterocycles. The summed E-state index contributed by atoms with van der Waals surface area (Å²) in [6.07, 6.45) is 2.21. The minimum atomic E-state index is -0.291. The number of aryl methyl sites for hydroxylation is 1. The Balaban J connectivity index is 1.57. The number of carbonyl (C=O) groups excluding carboxylic acids is 2. The van der Waals surface area contributed by atoms with Crippen LogP contribution >= 0.6 is 0 Å². The molecule has 4 rings (SSSR count). The number of aliphatic hydroxyl groups is 1. The molecule has 1 aromatic heterocycles. The highest BCUT2D eigenvalue weighted by Gasteiger charge is 2.30. The second-order valence-electron chi connectivity index (χ2n) is 9.78. The van der Waals surface area contributed by atoms with Crippen molar-refractivity contribution in [3.63, 3.8) is 0 Å². The van der Waals surface area contributed by atoms with E-state index in [-0.39, 0.29) is 49.3 Å². The third-order valence-corrected chi connectivity index (χ3v) is 6.94. The fourth-order valence-electron chi connectivity index (χ4n) is 4.90. The standard InChI is InChI=1S/C28H36N4O4/c1-18-15-32(19(2)17-33)28(35)13-20-11-22(9-10-25(20)36-26(18)14-29-3)30-27(34)12-21-16-31(4)24-8-6-5-7-23(21)24/h5-11,16,18-19,26,29,33H,12-15,17H2,1-4H3,(H,30,34)/t18-,19-,26+/m1/s1. The molecule has 0 radical (unpaired) electrons. The van der Waals surface area contributed by atoms with E-state index in [0.29, 0.717) is 30.1 Å². The van der Waals surface area contributed by atoms with Gasteiger partial charge < -0.3 is 29.9 Å². The van der Waals surface area contributed by atoms with Gasteiger partial charge in [-0.3, -0.25) is 9.59 Å². The van der Waals surface area contributed by atoms with Crippen LogP contribution in [-0.4, -0.2) is 65.3 Å². The number of benzene rings is 2. The Labute approximate surface area is 212 Å². The molecule has 192 valence electrons. The van der Waals surface area contributed by atoms with Crippen LogP contribution in [0.1, 0.15) is 25.0 Å². The number of amides is 2. The van der Waals surface area contributed by atoms with E-state index in [1.54, 1.807) is 4.90 Å².